The largest absolute Gasteiger partial charge is 0.390 e. The van der Waals surface area contributed by atoms with Gasteiger partial charge in [0.2, 0.25) is 0 Å². The predicted molar refractivity (Wildman–Crippen MR) is 52.1 cm³/mol. The first-order valence-corrected chi connectivity index (χ1v) is 5.45. The topological polar surface area (TPSA) is 20.2 Å². The summed E-state index contributed by atoms with van der Waals surface area (Å²) >= 11 is 0. The standard InChI is InChI=1S/C11H22O/c1-3-10-8-6-5-7-9-11(10,12)4-2/h10,12H,3-9H2,1-2H3. The second kappa shape index (κ2) is 4.27. The second-order valence-electron chi connectivity index (χ2n) is 4.16. The Morgan fingerprint density at radius 1 is 1.25 bits per heavy atom. The molecule has 0 saturated heterocycles. The Labute approximate surface area is 76.2 Å². The van der Waals surface area contributed by atoms with Gasteiger partial charge in [-0.1, -0.05) is 39.5 Å². The van der Waals surface area contributed by atoms with E-state index >= 15 is 0 Å². The summed E-state index contributed by atoms with van der Waals surface area (Å²) in [6.45, 7) is 4.32. The van der Waals surface area contributed by atoms with Crippen molar-refractivity contribution in [2.75, 3.05) is 0 Å². The molecule has 1 saturated carbocycles. The third-order valence-corrected chi connectivity index (χ3v) is 3.53. The lowest BCUT2D eigenvalue weighted by molar-refractivity contribution is -0.0296. The minimum atomic E-state index is -0.328. The van der Waals surface area contributed by atoms with Gasteiger partial charge in [-0.15, -0.1) is 0 Å². The molecule has 0 aliphatic heterocycles. The van der Waals surface area contributed by atoms with Crippen LogP contribution in [0, 0.1) is 5.92 Å². The first-order chi connectivity index (χ1) is 5.73. The number of rotatable bonds is 2. The molecule has 0 aromatic carbocycles. The molecule has 1 heteroatoms. The van der Waals surface area contributed by atoms with Gasteiger partial charge in [0.05, 0.1) is 5.60 Å². The van der Waals surface area contributed by atoms with Crippen LogP contribution in [-0.2, 0) is 0 Å². The van der Waals surface area contributed by atoms with E-state index in [-0.39, 0.29) is 5.60 Å². The summed E-state index contributed by atoms with van der Waals surface area (Å²) in [4.78, 5) is 0. The average Bonchev–Trinajstić information content (AvgIpc) is 2.28. The Morgan fingerprint density at radius 2 is 2.00 bits per heavy atom. The maximum Gasteiger partial charge on any atom is 0.0673 e. The normalized spacial score (nSPS) is 37.8. The highest BCUT2D eigenvalue weighted by Crippen LogP contribution is 2.36. The van der Waals surface area contributed by atoms with Crippen LogP contribution < -0.4 is 0 Å². The quantitative estimate of drug-likeness (QED) is 0.631. The SMILES string of the molecule is CCC1CCCCCC1(O)CC. The minimum absolute atomic E-state index is 0.328. The van der Waals surface area contributed by atoms with Crippen LogP contribution in [0.2, 0.25) is 0 Å². The van der Waals surface area contributed by atoms with Gasteiger partial charge in [-0.2, -0.15) is 0 Å². The highest BCUT2D eigenvalue weighted by atomic mass is 16.3. The molecule has 12 heavy (non-hydrogen) atoms. The molecule has 1 aliphatic carbocycles. The molecular weight excluding hydrogens is 148 g/mol. The third-order valence-electron chi connectivity index (χ3n) is 3.53. The number of hydrogen-bond acceptors (Lipinski definition) is 1. The van der Waals surface area contributed by atoms with Gasteiger partial charge in [-0.25, -0.2) is 0 Å². The van der Waals surface area contributed by atoms with Gasteiger partial charge >= 0.3 is 0 Å². The van der Waals surface area contributed by atoms with Gasteiger partial charge in [0.1, 0.15) is 0 Å². The van der Waals surface area contributed by atoms with Gasteiger partial charge in [0, 0.05) is 0 Å². The van der Waals surface area contributed by atoms with E-state index in [0.29, 0.717) is 5.92 Å². The van der Waals surface area contributed by atoms with E-state index in [9.17, 15) is 5.11 Å². The van der Waals surface area contributed by atoms with Gasteiger partial charge in [0.15, 0.2) is 0 Å². The van der Waals surface area contributed by atoms with Gasteiger partial charge in [0.25, 0.3) is 0 Å². The van der Waals surface area contributed by atoms with Crippen molar-refractivity contribution in [1.29, 1.82) is 0 Å². The Balaban J connectivity index is 2.63. The molecule has 0 amide bonds. The summed E-state index contributed by atoms with van der Waals surface area (Å²) in [5.74, 6) is 0.560. The maximum absolute atomic E-state index is 10.3. The van der Waals surface area contributed by atoms with Crippen molar-refractivity contribution in [3.8, 4) is 0 Å². The van der Waals surface area contributed by atoms with Crippen LogP contribution in [0.15, 0.2) is 0 Å². The van der Waals surface area contributed by atoms with Crippen LogP contribution in [0.4, 0.5) is 0 Å². The van der Waals surface area contributed by atoms with Crippen LogP contribution >= 0.6 is 0 Å². The molecule has 1 aliphatic rings. The van der Waals surface area contributed by atoms with E-state index in [1.54, 1.807) is 0 Å². The Hall–Kier alpha value is -0.0400. The van der Waals surface area contributed by atoms with Crippen molar-refractivity contribution in [3.63, 3.8) is 0 Å². The summed E-state index contributed by atoms with van der Waals surface area (Å²) in [7, 11) is 0. The number of aliphatic hydroxyl groups is 1. The zero-order valence-electron chi connectivity index (χ0n) is 8.47. The molecule has 1 rings (SSSR count). The fourth-order valence-electron chi connectivity index (χ4n) is 2.52. The molecule has 1 fully saturated rings. The summed E-state index contributed by atoms with van der Waals surface area (Å²) in [6, 6.07) is 0. The molecule has 1 N–H and O–H groups in total. The molecule has 0 radical (unpaired) electrons. The van der Waals surface area contributed by atoms with E-state index in [2.05, 4.69) is 13.8 Å². The summed E-state index contributed by atoms with van der Waals surface area (Å²) in [5, 5.41) is 10.3. The third kappa shape index (κ3) is 2.01. The lowest BCUT2D eigenvalue weighted by Crippen LogP contribution is -2.35. The van der Waals surface area contributed by atoms with Crippen LogP contribution in [0.25, 0.3) is 0 Å². The molecule has 1 nitrogen and oxygen atoms in total. The van der Waals surface area contributed by atoms with Crippen molar-refractivity contribution in [2.24, 2.45) is 5.92 Å². The minimum Gasteiger partial charge on any atom is -0.390 e. The molecule has 0 aromatic heterocycles. The lowest BCUT2D eigenvalue weighted by Gasteiger charge is -2.33. The Kier molecular flexibility index (Phi) is 3.57. The van der Waals surface area contributed by atoms with E-state index < -0.39 is 0 Å². The Morgan fingerprint density at radius 3 is 2.58 bits per heavy atom. The van der Waals surface area contributed by atoms with E-state index in [1.165, 1.54) is 25.7 Å². The monoisotopic (exact) mass is 170 g/mol. The van der Waals surface area contributed by atoms with Crippen LogP contribution in [0.3, 0.4) is 0 Å². The molecule has 72 valence electrons. The zero-order chi connectivity index (χ0) is 9.03. The summed E-state index contributed by atoms with van der Waals surface area (Å²) < 4.78 is 0. The predicted octanol–water partition coefficient (Wildman–Crippen LogP) is 3.12. The van der Waals surface area contributed by atoms with Crippen molar-refractivity contribution in [2.45, 2.75) is 64.4 Å². The van der Waals surface area contributed by atoms with E-state index in [4.69, 9.17) is 0 Å². The first kappa shape index (κ1) is 10.0. The lowest BCUT2D eigenvalue weighted by atomic mass is 9.80. The Bertz CT molecular complexity index is 133. The van der Waals surface area contributed by atoms with Gasteiger partial charge < -0.3 is 5.11 Å². The first-order valence-electron chi connectivity index (χ1n) is 5.45. The fourth-order valence-corrected chi connectivity index (χ4v) is 2.52. The molecule has 0 bridgehead atoms. The van der Waals surface area contributed by atoms with Crippen molar-refractivity contribution >= 4 is 0 Å². The average molecular weight is 170 g/mol. The second-order valence-corrected chi connectivity index (χ2v) is 4.16. The fraction of sp³-hybridized carbons (Fsp3) is 1.00. The van der Waals surface area contributed by atoms with Crippen molar-refractivity contribution in [3.05, 3.63) is 0 Å². The highest BCUT2D eigenvalue weighted by molar-refractivity contribution is 4.86. The molecular formula is C11H22O. The van der Waals surface area contributed by atoms with Crippen LogP contribution in [0.1, 0.15) is 58.8 Å². The molecule has 2 atom stereocenters. The van der Waals surface area contributed by atoms with Crippen LogP contribution in [-0.4, -0.2) is 10.7 Å². The molecule has 0 spiro atoms. The molecule has 2 unspecified atom stereocenters. The highest BCUT2D eigenvalue weighted by Gasteiger charge is 2.34. The van der Waals surface area contributed by atoms with E-state index in [1.807, 2.05) is 0 Å². The smallest absolute Gasteiger partial charge is 0.0673 e. The number of hydrogen-bond donors (Lipinski definition) is 1. The zero-order valence-corrected chi connectivity index (χ0v) is 8.47. The van der Waals surface area contributed by atoms with Crippen LogP contribution in [0.5, 0.6) is 0 Å². The molecule has 0 heterocycles. The summed E-state index contributed by atoms with van der Waals surface area (Å²) in [6.07, 6.45) is 8.21. The van der Waals surface area contributed by atoms with Crippen molar-refractivity contribution < 1.29 is 5.11 Å². The van der Waals surface area contributed by atoms with Gasteiger partial charge in [-0.3, -0.25) is 0 Å². The summed E-state index contributed by atoms with van der Waals surface area (Å²) in [5.41, 5.74) is -0.328. The van der Waals surface area contributed by atoms with Gasteiger partial charge in [-0.05, 0) is 25.2 Å². The maximum atomic E-state index is 10.3. The van der Waals surface area contributed by atoms with E-state index in [0.717, 1.165) is 19.3 Å². The molecule has 0 aromatic rings. The van der Waals surface area contributed by atoms with Crippen molar-refractivity contribution in [1.82, 2.24) is 0 Å².